The Hall–Kier alpha value is -3.55. The van der Waals surface area contributed by atoms with Crippen molar-refractivity contribution in [2.45, 2.75) is 0 Å². The van der Waals surface area contributed by atoms with E-state index < -0.39 is 0 Å². The lowest BCUT2D eigenvalue weighted by atomic mass is 10.0. The number of nitrogen functional groups attached to an aromatic ring is 1. The van der Waals surface area contributed by atoms with E-state index in [0.29, 0.717) is 22.4 Å². The van der Waals surface area contributed by atoms with E-state index in [4.69, 9.17) is 10.5 Å². The fraction of sp³-hybridized carbons (Fsp3) is 0.0625. The number of nitrogens with two attached hydrogens (primary N) is 1. The number of tetrazole rings is 1. The van der Waals surface area contributed by atoms with Crippen molar-refractivity contribution in [3.05, 3.63) is 65.2 Å². The highest BCUT2D eigenvalue weighted by Gasteiger charge is 2.14. The lowest BCUT2D eigenvalue weighted by Crippen LogP contribution is -2.05. The van der Waals surface area contributed by atoms with Gasteiger partial charge in [-0.1, -0.05) is 46.3 Å². The molecule has 0 aliphatic rings. The van der Waals surface area contributed by atoms with Gasteiger partial charge in [0, 0.05) is 5.56 Å². The number of anilines is 1. The summed E-state index contributed by atoms with van der Waals surface area (Å²) < 4.78 is 5.34. The molecule has 0 saturated carbocycles. The van der Waals surface area contributed by atoms with Crippen molar-refractivity contribution >= 4 is 17.9 Å². The quantitative estimate of drug-likeness (QED) is 0.561. The molecule has 0 aliphatic carbocycles. The van der Waals surface area contributed by atoms with E-state index in [0.717, 1.165) is 4.79 Å². The molecule has 0 amide bonds. The lowest BCUT2D eigenvalue weighted by Gasteiger charge is -2.08. The zero-order valence-corrected chi connectivity index (χ0v) is 12.8. The van der Waals surface area contributed by atoms with Crippen LogP contribution >= 0.6 is 0 Å². The van der Waals surface area contributed by atoms with Gasteiger partial charge < -0.3 is 10.5 Å². The maximum absolute atomic E-state index is 12.6. The minimum absolute atomic E-state index is 0.0779. The van der Waals surface area contributed by atoms with E-state index in [1.807, 2.05) is 18.2 Å². The van der Waals surface area contributed by atoms with Crippen LogP contribution in [0, 0.1) is 0 Å². The molecule has 2 aromatic carbocycles. The highest BCUT2D eigenvalue weighted by atomic mass is 16.5. The molecule has 24 heavy (non-hydrogen) atoms. The number of hydrogen-bond donors (Lipinski definition) is 1. The number of carbonyl (C=O) groups is 1. The van der Waals surface area contributed by atoms with Gasteiger partial charge in [-0.2, -0.15) is 5.10 Å². The van der Waals surface area contributed by atoms with Crippen LogP contribution in [0.5, 0.6) is 5.75 Å². The third-order valence-electron chi connectivity index (χ3n) is 3.30. The molecule has 0 bridgehead atoms. The largest absolute Gasteiger partial charge is 0.496 e. The molecule has 0 radical (unpaired) electrons. The number of nitrogens with zero attached hydrogens (tertiary/aromatic N) is 5. The number of aromatic nitrogens is 4. The Morgan fingerprint density at radius 3 is 2.71 bits per heavy atom. The third kappa shape index (κ3) is 3.12. The SMILES string of the molecule is COc1cc(/C=N/n2nnnc2N)ccc1C(=O)c1ccccc1. The second-order valence-electron chi connectivity index (χ2n) is 4.83. The maximum atomic E-state index is 12.6. The number of methoxy groups -OCH3 is 1. The first-order chi connectivity index (χ1) is 11.7. The molecule has 3 rings (SSSR count). The van der Waals surface area contributed by atoms with Crippen LogP contribution in [-0.2, 0) is 0 Å². The van der Waals surface area contributed by atoms with E-state index >= 15 is 0 Å². The van der Waals surface area contributed by atoms with Gasteiger partial charge in [0.05, 0.1) is 18.9 Å². The average molecular weight is 322 g/mol. The van der Waals surface area contributed by atoms with E-state index in [1.165, 1.54) is 13.3 Å². The molecule has 0 atom stereocenters. The highest BCUT2D eigenvalue weighted by molar-refractivity contribution is 6.11. The van der Waals surface area contributed by atoms with Gasteiger partial charge in [-0.3, -0.25) is 4.79 Å². The van der Waals surface area contributed by atoms with Gasteiger partial charge in [-0.25, -0.2) is 0 Å². The first kappa shape index (κ1) is 15.3. The van der Waals surface area contributed by atoms with Gasteiger partial charge in [0.2, 0.25) is 0 Å². The van der Waals surface area contributed by atoms with Gasteiger partial charge in [-0.05, 0) is 28.1 Å². The van der Waals surface area contributed by atoms with Crippen LogP contribution < -0.4 is 10.5 Å². The Labute approximate surface area is 137 Å². The van der Waals surface area contributed by atoms with Crippen LogP contribution in [0.2, 0.25) is 0 Å². The van der Waals surface area contributed by atoms with Crippen molar-refractivity contribution < 1.29 is 9.53 Å². The monoisotopic (exact) mass is 322 g/mol. The topological polar surface area (TPSA) is 108 Å². The Morgan fingerprint density at radius 2 is 2.04 bits per heavy atom. The molecule has 0 saturated heterocycles. The van der Waals surface area contributed by atoms with E-state index in [1.54, 1.807) is 30.3 Å². The maximum Gasteiger partial charge on any atom is 0.263 e. The Balaban J connectivity index is 1.90. The van der Waals surface area contributed by atoms with Gasteiger partial charge >= 0.3 is 0 Å². The molecule has 0 aliphatic heterocycles. The van der Waals surface area contributed by atoms with E-state index in [2.05, 4.69) is 20.6 Å². The molecule has 8 nitrogen and oxygen atoms in total. The fourth-order valence-corrected chi connectivity index (χ4v) is 2.11. The van der Waals surface area contributed by atoms with Crippen molar-refractivity contribution in [2.24, 2.45) is 5.10 Å². The standard InChI is InChI=1S/C16H14N6O2/c1-24-14-9-11(10-18-22-16(17)19-20-21-22)7-8-13(14)15(23)12-5-3-2-4-6-12/h2-10H,1H3,(H2,17,19,21)/b18-10+. The third-order valence-corrected chi connectivity index (χ3v) is 3.30. The summed E-state index contributed by atoms with van der Waals surface area (Å²) in [6.07, 6.45) is 1.52. The number of hydrogen-bond acceptors (Lipinski definition) is 7. The van der Waals surface area contributed by atoms with Crippen molar-refractivity contribution in [1.82, 2.24) is 20.3 Å². The first-order valence-corrected chi connectivity index (χ1v) is 7.05. The predicted octanol–water partition coefficient (Wildman–Crippen LogP) is 1.38. The molecule has 120 valence electrons. The number of ketones is 1. The molecule has 0 spiro atoms. The molecule has 1 heterocycles. The van der Waals surface area contributed by atoms with Crippen LogP contribution in [0.3, 0.4) is 0 Å². The van der Waals surface area contributed by atoms with Gasteiger partial charge in [0.15, 0.2) is 5.78 Å². The normalized spacial score (nSPS) is 10.9. The first-order valence-electron chi connectivity index (χ1n) is 7.05. The van der Waals surface area contributed by atoms with Gasteiger partial charge in [0.25, 0.3) is 5.95 Å². The summed E-state index contributed by atoms with van der Waals surface area (Å²) >= 11 is 0. The zero-order chi connectivity index (χ0) is 16.9. The van der Waals surface area contributed by atoms with E-state index in [-0.39, 0.29) is 11.7 Å². The van der Waals surface area contributed by atoms with Crippen molar-refractivity contribution in [3.8, 4) is 5.75 Å². The second kappa shape index (κ2) is 6.69. The number of carbonyl (C=O) groups excluding carboxylic acids is 1. The highest BCUT2D eigenvalue weighted by Crippen LogP contribution is 2.22. The fourth-order valence-electron chi connectivity index (χ4n) is 2.11. The Kier molecular flexibility index (Phi) is 4.28. The second-order valence-corrected chi connectivity index (χ2v) is 4.83. The smallest absolute Gasteiger partial charge is 0.263 e. The Morgan fingerprint density at radius 1 is 1.25 bits per heavy atom. The predicted molar refractivity (Wildman–Crippen MR) is 88.1 cm³/mol. The van der Waals surface area contributed by atoms with Crippen LogP contribution in [-0.4, -0.2) is 39.4 Å². The minimum Gasteiger partial charge on any atom is -0.496 e. The summed E-state index contributed by atoms with van der Waals surface area (Å²) in [5, 5.41) is 14.6. The van der Waals surface area contributed by atoms with Crippen molar-refractivity contribution in [3.63, 3.8) is 0 Å². The summed E-state index contributed by atoms with van der Waals surface area (Å²) in [5.41, 5.74) is 7.32. The van der Waals surface area contributed by atoms with Crippen LogP contribution in [0.15, 0.2) is 53.6 Å². The molecule has 0 unspecified atom stereocenters. The summed E-state index contributed by atoms with van der Waals surface area (Å²) in [4.78, 5) is 13.7. The lowest BCUT2D eigenvalue weighted by molar-refractivity contribution is 0.103. The summed E-state index contributed by atoms with van der Waals surface area (Å²) in [6.45, 7) is 0. The number of benzene rings is 2. The minimum atomic E-state index is -0.111. The molecule has 2 N–H and O–H groups in total. The number of rotatable bonds is 5. The van der Waals surface area contributed by atoms with Gasteiger partial charge in [-0.15, -0.1) is 0 Å². The molecule has 3 aromatic rings. The average Bonchev–Trinajstić information content (AvgIpc) is 3.04. The zero-order valence-electron chi connectivity index (χ0n) is 12.8. The summed E-state index contributed by atoms with van der Waals surface area (Å²) in [5.74, 6) is 0.423. The Bertz CT molecular complexity index is 889. The molecule has 8 heteroatoms. The van der Waals surface area contributed by atoms with E-state index in [9.17, 15) is 4.79 Å². The molecule has 0 fully saturated rings. The summed E-state index contributed by atoms with van der Waals surface area (Å²) in [7, 11) is 1.51. The molecular weight excluding hydrogens is 308 g/mol. The van der Waals surface area contributed by atoms with Gasteiger partial charge in [0.1, 0.15) is 5.75 Å². The molecular formula is C16H14N6O2. The number of ether oxygens (including phenoxy) is 1. The van der Waals surface area contributed by atoms with Crippen molar-refractivity contribution in [2.75, 3.05) is 12.8 Å². The summed E-state index contributed by atoms with van der Waals surface area (Å²) in [6, 6.07) is 14.2. The van der Waals surface area contributed by atoms with Crippen molar-refractivity contribution in [1.29, 1.82) is 0 Å². The molecule has 1 aromatic heterocycles. The van der Waals surface area contributed by atoms with Crippen LogP contribution in [0.25, 0.3) is 0 Å². The van der Waals surface area contributed by atoms with Crippen LogP contribution in [0.1, 0.15) is 21.5 Å². The van der Waals surface area contributed by atoms with Crippen LogP contribution in [0.4, 0.5) is 5.95 Å².